The zero-order valence-corrected chi connectivity index (χ0v) is 17.2. The van der Waals surface area contributed by atoms with Crippen LogP contribution in [0.2, 0.25) is 0 Å². The minimum atomic E-state index is -0.341. The van der Waals surface area contributed by atoms with E-state index in [0.29, 0.717) is 28.7 Å². The summed E-state index contributed by atoms with van der Waals surface area (Å²) in [6, 6.07) is 24.6. The molecule has 2 heterocycles. The molecule has 0 radical (unpaired) electrons. The number of H-pyrrole nitrogens is 2. The van der Waals surface area contributed by atoms with Gasteiger partial charge in [0.25, 0.3) is 5.56 Å². The van der Waals surface area contributed by atoms with Gasteiger partial charge in [-0.1, -0.05) is 60.7 Å². The predicted octanol–water partition coefficient (Wildman–Crippen LogP) is 3.44. The second-order valence-corrected chi connectivity index (χ2v) is 7.67. The quantitative estimate of drug-likeness (QED) is 0.389. The summed E-state index contributed by atoms with van der Waals surface area (Å²) in [5.41, 5.74) is 3.12. The van der Waals surface area contributed by atoms with E-state index in [4.69, 9.17) is 4.98 Å². The normalized spacial score (nSPS) is 12.1. The molecule has 0 saturated heterocycles. The Kier molecular flexibility index (Phi) is 5.21. The lowest BCUT2D eigenvalue weighted by molar-refractivity contribution is -0.121. The SMILES string of the molecule is O=C(Cc1n[nH]c(=O)c2ccccc12)N[C@@H](Cc1ccccc1)c1nc2ccccc2[nH]1. The first-order chi connectivity index (χ1) is 15.7. The number of fused-ring (bicyclic) bond motifs is 2. The number of hydrogen-bond donors (Lipinski definition) is 3. The van der Waals surface area contributed by atoms with Crippen molar-refractivity contribution in [2.75, 3.05) is 0 Å². The van der Waals surface area contributed by atoms with Crippen LogP contribution in [-0.2, 0) is 17.6 Å². The molecular formula is C25H21N5O2. The first-order valence-corrected chi connectivity index (χ1v) is 10.4. The molecule has 0 bridgehead atoms. The Morgan fingerprint density at radius 2 is 1.62 bits per heavy atom. The fourth-order valence-corrected chi connectivity index (χ4v) is 3.91. The van der Waals surface area contributed by atoms with Crippen LogP contribution in [0.5, 0.6) is 0 Å². The molecule has 5 rings (SSSR count). The van der Waals surface area contributed by atoms with Crippen molar-refractivity contribution in [3.63, 3.8) is 0 Å². The van der Waals surface area contributed by atoms with Crippen molar-refractivity contribution in [3.8, 4) is 0 Å². The van der Waals surface area contributed by atoms with Crippen molar-refractivity contribution in [1.82, 2.24) is 25.5 Å². The van der Waals surface area contributed by atoms with E-state index in [-0.39, 0.29) is 23.9 Å². The minimum absolute atomic E-state index is 0.0445. The Hall–Kier alpha value is -4.26. The summed E-state index contributed by atoms with van der Waals surface area (Å²) in [4.78, 5) is 33.1. The van der Waals surface area contributed by atoms with Crippen molar-refractivity contribution in [2.24, 2.45) is 0 Å². The molecule has 1 amide bonds. The Labute approximate surface area is 183 Å². The summed E-state index contributed by atoms with van der Waals surface area (Å²) >= 11 is 0. The molecule has 0 saturated carbocycles. The second-order valence-electron chi connectivity index (χ2n) is 7.67. The van der Waals surface area contributed by atoms with Crippen molar-refractivity contribution in [3.05, 3.63) is 106 Å². The molecule has 0 aliphatic carbocycles. The molecule has 0 fully saturated rings. The van der Waals surface area contributed by atoms with Crippen molar-refractivity contribution in [2.45, 2.75) is 18.9 Å². The van der Waals surface area contributed by atoms with Crippen molar-refractivity contribution in [1.29, 1.82) is 0 Å². The van der Waals surface area contributed by atoms with Gasteiger partial charge in [-0.25, -0.2) is 10.1 Å². The van der Waals surface area contributed by atoms with Crippen LogP contribution in [0.3, 0.4) is 0 Å². The molecule has 3 N–H and O–H groups in total. The molecule has 5 aromatic rings. The summed E-state index contributed by atoms with van der Waals surface area (Å²) in [6.45, 7) is 0. The van der Waals surface area contributed by atoms with E-state index < -0.39 is 0 Å². The van der Waals surface area contributed by atoms with Gasteiger partial charge in [0.05, 0.1) is 34.6 Å². The zero-order chi connectivity index (χ0) is 21.9. The molecular weight excluding hydrogens is 402 g/mol. The van der Waals surface area contributed by atoms with Crippen LogP contribution >= 0.6 is 0 Å². The molecule has 0 aliphatic rings. The van der Waals surface area contributed by atoms with Gasteiger partial charge in [0.1, 0.15) is 5.82 Å². The van der Waals surface area contributed by atoms with Crippen LogP contribution in [0.15, 0.2) is 83.7 Å². The summed E-state index contributed by atoms with van der Waals surface area (Å²) in [7, 11) is 0. The average molecular weight is 423 g/mol. The van der Waals surface area contributed by atoms with Crippen molar-refractivity contribution < 1.29 is 4.79 Å². The lowest BCUT2D eigenvalue weighted by Gasteiger charge is -2.17. The van der Waals surface area contributed by atoms with E-state index >= 15 is 0 Å². The standard InChI is InChI=1S/C25H21N5O2/c31-23(15-21-17-10-4-5-11-18(17)25(32)30-29-21)26-22(14-16-8-2-1-3-9-16)24-27-19-12-6-7-13-20(19)28-24/h1-13,22H,14-15H2,(H,26,31)(H,27,28)(H,30,32)/t22-/m0/s1. The number of amides is 1. The highest BCUT2D eigenvalue weighted by atomic mass is 16.1. The fraction of sp³-hybridized carbons (Fsp3) is 0.120. The summed E-state index contributed by atoms with van der Waals surface area (Å²) in [6.07, 6.45) is 0.634. The lowest BCUT2D eigenvalue weighted by atomic mass is 10.0. The van der Waals surface area contributed by atoms with Gasteiger partial charge < -0.3 is 10.3 Å². The maximum atomic E-state index is 13.0. The van der Waals surface area contributed by atoms with Gasteiger partial charge in [0.2, 0.25) is 5.91 Å². The third kappa shape index (κ3) is 4.00. The zero-order valence-electron chi connectivity index (χ0n) is 17.2. The molecule has 0 spiro atoms. The first kappa shape index (κ1) is 19.7. The van der Waals surface area contributed by atoms with Gasteiger partial charge in [-0.2, -0.15) is 5.10 Å². The van der Waals surface area contributed by atoms with Gasteiger partial charge in [-0.05, 0) is 30.2 Å². The Morgan fingerprint density at radius 1 is 0.906 bits per heavy atom. The van der Waals surface area contributed by atoms with E-state index in [1.165, 1.54) is 0 Å². The topological polar surface area (TPSA) is 104 Å². The number of carbonyl (C=O) groups excluding carboxylic acids is 1. The van der Waals surface area contributed by atoms with Crippen LogP contribution in [0.25, 0.3) is 21.8 Å². The predicted molar refractivity (Wildman–Crippen MR) is 123 cm³/mol. The first-order valence-electron chi connectivity index (χ1n) is 10.4. The van der Waals surface area contributed by atoms with E-state index in [1.807, 2.05) is 60.7 Å². The Bertz CT molecular complexity index is 1420. The van der Waals surface area contributed by atoms with Crippen LogP contribution in [0.4, 0.5) is 0 Å². The molecule has 0 unspecified atom stereocenters. The Morgan fingerprint density at radius 3 is 2.44 bits per heavy atom. The van der Waals surface area contributed by atoms with Gasteiger partial charge in [-0.3, -0.25) is 9.59 Å². The lowest BCUT2D eigenvalue weighted by Crippen LogP contribution is -2.32. The number of hydrogen-bond acceptors (Lipinski definition) is 4. The molecule has 7 heteroatoms. The molecule has 7 nitrogen and oxygen atoms in total. The number of para-hydroxylation sites is 2. The monoisotopic (exact) mass is 423 g/mol. The fourth-order valence-electron chi connectivity index (χ4n) is 3.91. The number of nitrogens with zero attached hydrogens (tertiary/aromatic N) is 2. The smallest absolute Gasteiger partial charge is 0.272 e. The van der Waals surface area contributed by atoms with Gasteiger partial charge in [-0.15, -0.1) is 0 Å². The number of nitrogens with one attached hydrogen (secondary N) is 3. The average Bonchev–Trinajstić information content (AvgIpc) is 3.26. The van der Waals surface area contributed by atoms with Gasteiger partial charge in [0.15, 0.2) is 0 Å². The number of carbonyl (C=O) groups is 1. The maximum absolute atomic E-state index is 13.0. The molecule has 158 valence electrons. The molecule has 0 aliphatic heterocycles. The van der Waals surface area contributed by atoms with E-state index in [9.17, 15) is 9.59 Å². The van der Waals surface area contributed by atoms with Crippen LogP contribution < -0.4 is 10.9 Å². The van der Waals surface area contributed by atoms with E-state index in [2.05, 4.69) is 20.5 Å². The van der Waals surface area contributed by atoms with Crippen molar-refractivity contribution >= 4 is 27.7 Å². The van der Waals surface area contributed by atoms with Gasteiger partial charge in [0, 0.05) is 5.39 Å². The largest absolute Gasteiger partial charge is 0.345 e. The maximum Gasteiger partial charge on any atom is 0.272 e. The summed E-state index contributed by atoms with van der Waals surface area (Å²) in [5.74, 6) is 0.499. The number of aromatic nitrogens is 4. The molecule has 2 aromatic heterocycles. The van der Waals surface area contributed by atoms with Crippen LogP contribution in [-0.4, -0.2) is 26.1 Å². The minimum Gasteiger partial charge on any atom is -0.345 e. The third-order valence-corrected chi connectivity index (χ3v) is 5.46. The van der Waals surface area contributed by atoms with Crippen LogP contribution in [0.1, 0.15) is 23.1 Å². The van der Waals surface area contributed by atoms with Crippen LogP contribution in [0, 0.1) is 0 Å². The second kappa shape index (κ2) is 8.47. The molecule has 1 atom stereocenters. The van der Waals surface area contributed by atoms with Gasteiger partial charge >= 0.3 is 0 Å². The highest BCUT2D eigenvalue weighted by Gasteiger charge is 2.20. The summed E-state index contributed by atoms with van der Waals surface area (Å²) < 4.78 is 0. The third-order valence-electron chi connectivity index (χ3n) is 5.46. The molecule has 32 heavy (non-hydrogen) atoms. The van der Waals surface area contributed by atoms with E-state index in [0.717, 1.165) is 16.6 Å². The Balaban J connectivity index is 1.44. The highest BCUT2D eigenvalue weighted by Crippen LogP contribution is 2.20. The van der Waals surface area contributed by atoms with E-state index in [1.54, 1.807) is 18.2 Å². The highest BCUT2D eigenvalue weighted by molar-refractivity contribution is 5.88. The number of rotatable bonds is 6. The summed E-state index contributed by atoms with van der Waals surface area (Å²) in [5, 5.41) is 10.9. The molecule has 3 aromatic carbocycles. The number of aromatic amines is 2. The number of benzene rings is 3. The number of imidazole rings is 1.